The molecule has 0 fully saturated rings. The second-order valence-corrected chi connectivity index (χ2v) is 6.94. The average molecular weight is 398 g/mol. The van der Waals surface area contributed by atoms with Crippen molar-refractivity contribution in [2.24, 2.45) is 0 Å². The van der Waals surface area contributed by atoms with E-state index in [1.165, 1.54) is 16.9 Å². The Bertz CT molecular complexity index is 783. The van der Waals surface area contributed by atoms with Crippen LogP contribution in [-0.4, -0.2) is 39.9 Å². The van der Waals surface area contributed by atoms with Crippen LogP contribution in [0.5, 0.6) is 0 Å². The molecule has 2 aromatic heterocycles. The van der Waals surface area contributed by atoms with Gasteiger partial charge in [0, 0.05) is 19.3 Å². The van der Waals surface area contributed by atoms with Crippen molar-refractivity contribution in [1.29, 1.82) is 0 Å². The molecule has 0 aliphatic carbocycles. The summed E-state index contributed by atoms with van der Waals surface area (Å²) in [5, 5.41) is 7.00. The molecule has 0 bridgehead atoms. The summed E-state index contributed by atoms with van der Waals surface area (Å²) < 4.78 is 45.0. The minimum Gasteiger partial charge on any atom is -0.379 e. The van der Waals surface area contributed by atoms with Crippen molar-refractivity contribution < 1.29 is 22.7 Å². The fraction of sp³-hybridized carbons (Fsp3) is 0.526. The molecule has 2 aromatic rings. The summed E-state index contributed by atoms with van der Waals surface area (Å²) in [5.41, 5.74) is 0.126. The Hall–Kier alpha value is -2.42. The predicted molar refractivity (Wildman–Crippen MR) is 98.5 cm³/mol. The molecular weight excluding hydrogens is 373 g/mol. The molecule has 0 spiro atoms. The normalized spacial score (nSPS) is 12.0. The predicted octanol–water partition coefficient (Wildman–Crippen LogP) is 3.95. The van der Waals surface area contributed by atoms with Gasteiger partial charge in [0.1, 0.15) is 0 Å². The zero-order chi connectivity index (χ0) is 20.9. The number of amides is 1. The lowest BCUT2D eigenvalue weighted by Crippen LogP contribution is -2.26. The molecule has 0 saturated heterocycles. The van der Waals surface area contributed by atoms with Crippen LogP contribution in [0.4, 0.5) is 13.2 Å². The van der Waals surface area contributed by atoms with Crippen LogP contribution in [-0.2, 0) is 10.9 Å². The van der Waals surface area contributed by atoms with Gasteiger partial charge in [0.05, 0.1) is 29.1 Å². The van der Waals surface area contributed by atoms with Crippen LogP contribution in [0, 0.1) is 0 Å². The molecule has 2 heterocycles. The third-order valence-electron chi connectivity index (χ3n) is 3.95. The lowest BCUT2D eigenvalue weighted by Gasteiger charge is -2.13. The average Bonchev–Trinajstić information content (AvgIpc) is 3.06. The Morgan fingerprint density at radius 3 is 2.46 bits per heavy atom. The van der Waals surface area contributed by atoms with E-state index < -0.39 is 11.7 Å². The highest BCUT2D eigenvalue weighted by atomic mass is 19.4. The smallest absolute Gasteiger partial charge is 0.379 e. The summed E-state index contributed by atoms with van der Waals surface area (Å²) >= 11 is 0. The second kappa shape index (κ2) is 9.18. The van der Waals surface area contributed by atoms with Crippen LogP contribution in [0.15, 0.2) is 24.5 Å². The summed E-state index contributed by atoms with van der Waals surface area (Å²) in [4.78, 5) is 16.4. The first-order valence-corrected chi connectivity index (χ1v) is 9.12. The van der Waals surface area contributed by atoms with Crippen LogP contribution >= 0.6 is 0 Å². The number of nitrogens with one attached hydrogen (secondary N) is 1. The number of rotatable bonds is 8. The Balaban J connectivity index is 2.16. The lowest BCUT2D eigenvalue weighted by atomic mass is 10.1. The summed E-state index contributed by atoms with van der Waals surface area (Å²) in [6.07, 6.45) is -1.47. The number of carbonyl (C=O) groups excluding carboxylic acids is 1. The molecule has 0 unspecified atom stereocenters. The van der Waals surface area contributed by atoms with Gasteiger partial charge in [-0.1, -0.05) is 13.8 Å². The highest BCUT2D eigenvalue weighted by Gasteiger charge is 2.31. The van der Waals surface area contributed by atoms with Crippen LogP contribution in [0.3, 0.4) is 0 Å². The van der Waals surface area contributed by atoms with E-state index in [-0.39, 0.29) is 23.7 Å². The monoisotopic (exact) mass is 398 g/mol. The van der Waals surface area contributed by atoms with Gasteiger partial charge < -0.3 is 10.1 Å². The third-order valence-corrected chi connectivity index (χ3v) is 3.95. The fourth-order valence-electron chi connectivity index (χ4n) is 2.64. The topological polar surface area (TPSA) is 69.0 Å². The Morgan fingerprint density at radius 1 is 1.21 bits per heavy atom. The van der Waals surface area contributed by atoms with Crippen molar-refractivity contribution in [3.63, 3.8) is 0 Å². The summed E-state index contributed by atoms with van der Waals surface area (Å²) in [7, 11) is 0. The summed E-state index contributed by atoms with van der Waals surface area (Å²) in [6.45, 7) is 8.64. The molecule has 9 heteroatoms. The number of ether oxygens (including phenoxy) is 1. The highest BCUT2D eigenvalue weighted by Crippen LogP contribution is 2.29. The molecule has 0 aromatic carbocycles. The van der Waals surface area contributed by atoms with Crippen molar-refractivity contribution in [2.75, 3.05) is 13.2 Å². The van der Waals surface area contributed by atoms with Gasteiger partial charge in [-0.25, -0.2) is 9.67 Å². The molecular formula is C19H25F3N4O2. The van der Waals surface area contributed by atoms with Crippen LogP contribution in [0.2, 0.25) is 0 Å². The van der Waals surface area contributed by atoms with E-state index >= 15 is 0 Å². The Morgan fingerprint density at radius 2 is 1.93 bits per heavy atom. The molecule has 0 radical (unpaired) electrons. The number of hydrogen-bond acceptors (Lipinski definition) is 4. The first-order chi connectivity index (χ1) is 13.1. The zero-order valence-electron chi connectivity index (χ0n) is 16.4. The third kappa shape index (κ3) is 5.54. The number of carbonyl (C=O) groups is 1. The fourth-order valence-corrected chi connectivity index (χ4v) is 2.64. The quantitative estimate of drug-likeness (QED) is 0.684. The molecule has 0 aliphatic rings. The largest absolute Gasteiger partial charge is 0.417 e. The van der Waals surface area contributed by atoms with E-state index in [1.807, 2.05) is 27.7 Å². The van der Waals surface area contributed by atoms with Crippen molar-refractivity contribution in [2.45, 2.75) is 52.3 Å². The van der Waals surface area contributed by atoms with E-state index in [2.05, 4.69) is 15.4 Å². The van der Waals surface area contributed by atoms with Gasteiger partial charge in [-0.3, -0.25) is 4.79 Å². The van der Waals surface area contributed by atoms with Crippen LogP contribution < -0.4 is 5.32 Å². The number of halogens is 3. The molecule has 1 N–H and O–H groups in total. The first kappa shape index (κ1) is 21.9. The molecule has 154 valence electrons. The second-order valence-electron chi connectivity index (χ2n) is 6.94. The molecule has 2 rings (SSSR count). The SMILES string of the molecule is CC(C)OCCCNC(=O)c1cnn(-c2ccc(C(F)(F)F)cn2)c1C(C)C. The lowest BCUT2D eigenvalue weighted by molar-refractivity contribution is -0.137. The standard InChI is InChI=1S/C19H25F3N4O2/c1-12(2)17-15(18(27)23-8-5-9-28-13(3)4)11-25-26(17)16-7-6-14(10-24-16)19(20,21)22/h6-7,10-13H,5,8-9H2,1-4H3,(H,23,27). The van der Waals surface area contributed by atoms with E-state index in [4.69, 9.17) is 4.74 Å². The molecule has 0 atom stereocenters. The highest BCUT2D eigenvalue weighted by molar-refractivity contribution is 5.95. The van der Waals surface area contributed by atoms with Gasteiger partial charge >= 0.3 is 6.18 Å². The van der Waals surface area contributed by atoms with Gasteiger partial charge in [0.15, 0.2) is 5.82 Å². The zero-order valence-corrected chi connectivity index (χ0v) is 16.4. The number of pyridine rings is 1. The summed E-state index contributed by atoms with van der Waals surface area (Å²) in [6, 6.07) is 2.19. The van der Waals surface area contributed by atoms with Gasteiger partial charge in [0.2, 0.25) is 0 Å². The van der Waals surface area contributed by atoms with Gasteiger partial charge in [0.25, 0.3) is 5.91 Å². The number of alkyl halides is 3. The van der Waals surface area contributed by atoms with Crippen molar-refractivity contribution >= 4 is 5.91 Å². The van der Waals surface area contributed by atoms with Crippen molar-refractivity contribution in [3.8, 4) is 5.82 Å². The van der Waals surface area contributed by atoms with Gasteiger partial charge in [-0.05, 0) is 38.3 Å². The minimum atomic E-state index is -4.46. The Labute approximate surface area is 162 Å². The number of nitrogens with zero attached hydrogens (tertiary/aromatic N) is 3. The van der Waals surface area contributed by atoms with Gasteiger partial charge in [-0.2, -0.15) is 18.3 Å². The van der Waals surface area contributed by atoms with E-state index in [0.717, 1.165) is 12.3 Å². The maximum atomic E-state index is 12.7. The van der Waals surface area contributed by atoms with Crippen molar-refractivity contribution in [1.82, 2.24) is 20.1 Å². The minimum absolute atomic E-state index is 0.0865. The molecule has 0 saturated carbocycles. The molecule has 6 nitrogen and oxygen atoms in total. The first-order valence-electron chi connectivity index (χ1n) is 9.12. The van der Waals surface area contributed by atoms with Gasteiger partial charge in [-0.15, -0.1) is 0 Å². The maximum Gasteiger partial charge on any atom is 0.417 e. The van der Waals surface area contributed by atoms with E-state index in [1.54, 1.807) is 0 Å². The molecule has 1 amide bonds. The van der Waals surface area contributed by atoms with E-state index in [0.29, 0.717) is 30.8 Å². The maximum absolute atomic E-state index is 12.7. The van der Waals surface area contributed by atoms with Crippen molar-refractivity contribution in [3.05, 3.63) is 41.3 Å². The Kier molecular flexibility index (Phi) is 7.17. The number of aromatic nitrogens is 3. The van der Waals surface area contributed by atoms with Crippen LogP contribution in [0.25, 0.3) is 5.82 Å². The summed E-state index contributed by atoms with van der Waals surface area (Å²) in [5.74, 6) is -0.149. The number of hydrogen-bond donors (Lipinski definition) is 1. The van der Waals surface area contributed by atoms with Crippen LogP contribution in [0.1, 0.15) is 61.6 Å². The molecule has 0 aliphatic heterocycles. The van der Waals surface area contributed by atoms with E-state index in [9.17, 15) is 18.0 Å². The molecule has 28 heavy (non-hydrogen) atoms.